The van der Waals surface area contributed by atoms with Gasteiger partial charge in [0.2, 0.25) is 5.91 Å². The molecule has 0 saturated carbocycles. The fraction of sp³-hybridized carbons (Fsp3) is 0.115. The van der Waals surface area contributed by atoms with Gasteiger partial charge in [-0.3, -0.25) is 14.9 Å². The number of nitrogen functional groups attached to an aromatic ring is 1. The standard InChI is InChI=1S/C26H24BrN3O5/c1-16(11-14-23(32)29-21-10-6-5-9-20(21)28)24(19-15-18(27)12-13-22(19)31)35-26(34)30-25(33)17-7-3-2-4-8-17/h2-16,24,31H,28H2,1H3,(H,29,32)(H,30,33,34)/b14-11+/t16-,24-/m1/s1. The molecule has 180 valence electrons. The summed E-state index contributed by atoms with van der Waals surface area (Å²) in [6, 6.07) is 19.7. The monoisotopic (exact) mass is 537 g/mol. The van der Waals surface area contributed by atoms with Crippen molar-refractivity contribution in [2.75, 3.05) is 11.1 Å². The maximum atomic E-state index is 12.6. The number of aromatic hydroxyl groups is 1. The highest BCUT2D eigenvalue weighted by atomic mass is 79.9. The van der Waals surface area contributed by atoms with Crippen LogP contribution in [-0.2, 0) is 9.53 Å². The maximum absolute atomic E-state index is 12.6. The van der Waals surface area contributed by atoms with Crippen molar-refractivity contribution in [3.8, 4) is 5.75 Å². The van der Waals surface area contributed by atoms with Crippen LogP contribution in [0, 0.1) is 5.92 Å². The van der Waals surface area contributed by atoms with E-state index in [-0.39, 0.29) is 11.3 Å². The molecule has 3 amide bonds. The molecule has 0 aromatic heterocycles. The fourth-order valence-corrected chi connectivity index (χ4v) is 3.61. The summed E-state index contributed by atoms with van der Waals surface area (Å²) in [6.45, 7) is 1.71. The lowest BCUT2D eigenvalue weighted by molar-refractivity contribution is -0.111. The molecule has 3 aromatic rings. The van der Waals surface area contributed by atoms with Crippen molar-refractivity contribution in [3.63, 3.8) is 0 Å². The lowest BCUT2D eigenvalue weighted by atomic mass is 9.96. The molecule has 0 aliphatic carbocycles. The minimum absolute atomic E-state index is 0.109. The van der Waals surface area contributed by atoms with Crippen molar-refractivity contribution >= 4 is 45.2 Å². The smallest absolute Gasteiger partial charge is 0.414 e. The average Bonchev–Trinajstić information content (AvgIpc) is 2.84. The summed E-state index contributed by atoms with van der Waals surface area (Å²) in [7, 11) is 0. The minimum Gasteiger partial charge on any atom is -0.508 e. The van der Waals surface area contributed by atoms with E-state index in [1.807, 2.05) is 0 Å². The van der Waals surface area contributed by atoms with Crippen LogP contribution in [0.25, 0.3) is 0 Å². The van der Waals surface area contributed by atoms with Gasteiger partial charge in [-0.1, -0.05) is 59.3 Å². The Kier molecular flexibility index (Phi) is 8.63. The van der Waals surface area contributed by atoms with Gasteiger partial charge in [0, 0.05) is 21.5 Å². The van der Waals surface area contributed by atoms with Crippen LogP contribution in [0.3, 0.4) is 0 Å². The van der Waals surface area contributed by atoms with Gasteiger partial charge in [-0.05, 0) is 48.5 Å². The highest BCUT2D eigenvalue weighted by Gasteiger charge is 2.26. The Bertz CT molecular complexity index is 1250. The number of anilines is 2. The fourth-order valence-electron chi connectivity index (χ4n) is 3.23. The predicted molar refractivity (Wildman–Crippen MR) is 137 cm³/mol. The topological polar surface area (TPSA) is 131 Å². The number of carbonyl (C=O) groups excluding carboxylic acids is 3. The van der Waals surface area contributed by atoms with Crippen molar-refractivity contribution in [1.29, 1.82) is 0 Å². The van der Waals surface area contributed by atoms with Crippen molar-refractivity contribution < 1.29 is 24.2 Å². The zero-order chi connectivity index (χ0) is 25.4. The highest BCUT2D eigenvalue weighted by Crippen LogP contribution is 2.35. The van der Waals surface area contributed by atoms with E-state index in [2.05, 4.69) is 26.6 Å². The van der Waals surface area contributed by atoms with Crippen LogP contribution >= 0.6 is 15.9 Å². The molecule has 3 aromatic carbocycles. The summed E-state index contributed by atoms with van der Waals surface area (Å²) in [4.78, 5) is 37.3. The third-order valence-electron chi connectivity index (χ3n) is 5.03. The highest BCUT2D eigenvalue weighted by molar-refractivity contribution is 9.10. The molecule has 0 heterocycles. The van der Waals surface area contributed by atoms with E-state index < -0.39 is 29.9 Å². The third-order valence-corrected chi connectivity index (χ3v) is 5.52. The number of nitrogens with one attached hydrogen (secondary N) is 2. The molecule has 35 heavy (non-hydrogen) atoms. The molecule has 0 aliphatic rings. The number of phenols is 1. The maximum Gasteiger partial charge on any atom is 0.414 e. The molecule has 2 atom stereocenters. The first kappa shape index (κ1) is 25.5. The van der Waals surface area contributed by atoms with Crippen LogP contribution in [0.5, 0.6) is 5.75 Å². The first-order valence-electron chi connectivity index (χ1n) is 10.6. The van der Waals surface area contributed by atoms with Gasteiger partial charge in [0.25, 0.3) is 5.91 Å². The van der Waals surface area contributed by atoms with E-state index in [1.54, 1.807) is 73.7 Å². The molecule has 0 radical (unpaired) electrons. The molecular weight excluding hydrogens is 514 g/mol. The van der Waals surface area contributed by atoms with Gasteiger partial charge in [-0.25, -0.2) is 4.79 Å². The van der Waals surface area contributed by atoms with E-state index in [4.69, 9.17) is 10.5 Å². The SMILES string of the molecule is C[C@H](/C=C/C(=O)Nc1ccccc1N)[C@@H](OC(=O)NC(=O)c1ccccc1)c1cc(Br)ccc1O. The predicted octanol–water partition coefficient (Wildman–Crippen LogP) is 5.18. The Hall–Kier alpha value is -4.11. The summed E-state index contributed by atoms with van der Waals surface area (Å²) in [6.07, 6.45) is 0.813. The number of hydrogen-bond donors (Lipinski definition) is 4. The number of alkyl carbamates (subject to hydrolysis) is 1. The van der Waals surface area contributed by atoms with E-state index in [1.165, 1.54) is 18.2 Å². The number of nitrogens with two attached hydrogens (primary N) is 1. The number of phenolic OH excluding ortho intramolecular Hbond substituents is 1. The molecule has 0 fully saturated rings. The minimum atomic E-state index is -1.01. The Balaban J connectivity index is 1.77. The molecule has 0 spiro atoms. The van der Waals surface area contributed by atoms with Crippen LogP contribution in [0.4, 0.5) is 16.2 Å². The quantitative estimate of drug-likeness (QED) is 0.242. The third kappa shape index (κ3) is 7.18. The van der Waals surface area contributed by atoms with Gasteiger partial charge < -0.3 is 20.9 Å². The first-order chi connectivity index (χ1) is 16.7. The van der Waals surface area contributed by atoms with E-state index in [9.17, 15) is 19.5 Å². The molecule has 8 nitrogen and oxygen atoms in total. The molecular formula is C26H24BrN3O5. The van der Waals surface area contributed by atoms with E-state index >= 15 is 0 Å². The summed E-state index contributed by atoms with van der Waals surface area (Å²) < 4.78 is 6.19. The van der Waals surface area contributed by atoms with E-state index in [0.29, 0.717) is 21.4 Å². The number of imide groups is 1. The van der Waals surface area contributed by atoms with Crippen LogP contribution in [0.2, 0.25) is 0 Å². The van der Waals surface area contributed by atoms with Gasteiger partial charge in [-0.2, -0.15) is 0 Å². The molecule has 5 N–H and O–H groups in total. The van der Waals surface area contributed by atoms with Crippen LogP contribution in [0.15, 0.2) is 89.4 Å². The first-order valence-corrected chi connectivity index (χ1v) is 11.4. The normalized spacial score (nSPS) is 12.5. The van der Waals surface area contributed by atoms with Gasteiger partial charge in [0.15, 0.2) is 0 Å². The van der Waals surface area contributed by atoms with Crippen molar-refractivity contribution in [2.45, 2.75) is 13.0 Å². The number of ether oxygens (including phenoxy) is 1. The zero-order valence-electron chi connectivity index (χ0n) is 18.8. The Morgan fingerprint density at radius 1 is 1.03 bits per heavy atom. The number of benzene rings is 3. The second kappa shape index (κ2) is 11.8. The molecule has 0 bridgehead atoms. The summed E-state index contributed by atoms with van der Waals surface area (Å²) >= 11 is 3.34. The van der Waals surface area contributed by atoms with Crippen molar-refractivity contribution in [1.82, 2.24) is 5.32 Å². The number of carbonyl (C=O) groups is 3. The number of halogens is 1. The van der Waals surface area contributed by atoms with Gasteiger partial charge in [0.05, 0.1) is 11.4 Å². The Morgan fingerprint density at radius 3 is 2.43 bits per heavy atom. The van der Waals surface area contributed by atoms with Gasteiger partial charge in [0.1, 0.15) is 11.9 Å². The summed E-state index contributed by atoms with van der Waals surface area (Å²) in [5.74, 6) is -1.74. The summed E-state index contributed by atoms with van der Waals surface area (Å²) in [5, 5.41) is 15.3. The second-order valence-corrected chi connectivity index (χ2v) is 8.56. The van der Waals surface area contributed by atoms with Gasteiger partial charge >= 0.3 is 6.09 Å². The number of para-hydroxylation sites is 2. The second-order valence-electron chi connectivity index (χ2n) is 7.64. The van der Waals surface area contributed by atoms with Crippen molar-refractivity contribution in [3.05, 3.63) is 101 Å². The number of amides is 3. The Morgan fingerprint density at radius 2 is 1.71 bits per heavy atom. The Labute approximate surface area is 210 Å². The summed E-state index contributed by atoms with van der Waals surface area (Å²) in [5.41, 5.74) is 7.32. The van der Waals surface area contributed by atoms with Crippen LogP contribution < -0.4 is 16.4 Å². The average molecular weight is 538 g/mol. The molecule has 9 heteroatoms. The van der Waals surface area contributed by atoms with Gasteiger partial charge in [-0.15, -0.1) is 0 Å². The van der Waals surface area contributed by atoms with E-state index in [0.717, 1.165) is 0 Å². The molecule has 3 rings (SSSR count). The zero-order valence-corrected chi connectivity index (χ0v) is 20.4. The van der Waals surface area contributed by atoms with Crippen molar-refractivity contribution in [2.24, 2.45) is 5.92 Å². The lowest BCUT2D eigenvalue weighted by Crippen LogP contribution is -2.33. The lowest BCUT2D eigenvalue weighted by Gasteiger charge is -2.23. The number of rotatable bonds is 7. The largest absolute Gasteiger partial charge is 0.508 e. The molecule has 0 aliphatic heterocycles. The van der Waals surface area contributed by atoms with Crippen LogP contribution in [0.1, 0.15) is 28.9 Å². The molecule has 0 unspecified atom stereocenters. The number of hydrogen-bond acceptors (Lipinski definition) is 6. The molecule has 0 saturated heterocycles. The van der Waals surface area contributed by atoms with Crippen LogP contribution in [-0.4, -0.2) is 23.0 Å².